The van der Waals surface area contributed by atoms with Crippen LogP contribution in [0.4, 0.5) is 10.3 Å². The Bertz CT molecular complexity index is 1660. The van der Waals surface area contributed by atoms with E-state index >= 15 is 4.39 Å². The molecule has 1 aliphatic rings. The maximum absolute atomic E-state index is 15.4. The predicted molar refractivity (Wildman–Crippen MR) is 169 cm³/mol. The summed E-state index contributed by atoms with van der Waals surface area (Å²) in [6.45, 7) is 11.8. The van der Waals surface area contributed by atoms with E-state index in [0.717, 1.165) is 39.3 Å². The number of anilines is 1. The number of nitrogens with zero attached hydrogens (tertiary/aromatic N) is 4. The van der Waals surface area contributed by atoms with Gasteiger partial charge in [0.05, 0.1) is 38.0 Å². The number of morpholine rings is 1. The van der Waals surface area contributed by atoms with Crippen LogP contribution in [-0.2, 0) is 11.8 Å². The summed E-state index contributed by atoms with van der Waals surface area (Å²) in [7, 11) is 3.21. The van der Waals surface area contributed by atoms with Crippen LogP contribution in [0.3, 0.4) is 0 Å². The molecule has 2 aromatic heterocycles. The molecule has 0 aliphatic carbocycles. The van der Waals surface area contributed by atoms with Crippen LogP contribution in [0.15, 0.2) is 53.6 Å². The van der Waals surface area contributed by atoms with Crippen molar-refractivity contribution < 1.29 is 23.3 Å². The van der Waals surface area contributed by atoms with Gasteiger partial charge in [0.15, 0.2) is 23.1 Å². The molecule has 4 aromatic rings. The third kappa shape index (κ3) is 7.46. The van der Waals surface area contributed by atoms with Crippen molar-refractivity contribution in [2.45, 2.75) is 27.2 Å². The molecule has 1 aliphatic heterocycles. The van der Waals surface area contributed by atoms with Crippen molar-refractivity contribution in [2.75, 3.05) is 58.4 Å². The lowest BCUT2D eigenvalue weighted by molar-refractivity contribution is 0.0357. The van der Waals surface area contributed by atoms with Gasteiger partial charge in [-0.2, -0.15) is 0 Å². The van der Waals surface area contributed by atoms with Gasteiger partial charge < -0.3 is 24.3 Å². The number of hydrogen-bond donors (Lipinski definition) is 1. The second kappa shape index (κ2) is 13.6. The molecule has 10 nitrogen and oxygen atoms in total. The first-order chi connectivity index (χ1) is 21.1. The van der Waals surface area contributed by atoms with Crippen LogP contribution in [0.5, 0.6) is 23.0 Å². The van der Waals surface area contributed by atoms with Crippen molar-refractivity contribution in [3.63, 3.8) is 0 Å². The van der Waals surface area contributed by atoms with Gasteiger partial charge >= 0.3 is 0 Å². The van der Waals surface area contributed by atoms with E-state index in [-0.39, 0.29) is 22.3 Å². The van der Waals surface area contributed by atoms with Crippen LogP contribution in [-0.4, -0.2) is 72.5 Å². The number of rotatable bonds is 11. The second-order valence-electron chi connectivity index (χ2n) is 12.0. The summed E-state index contributed by atoms with van der Waals surface area (Å²) in [4.78, 5) is 24.3. The molecule has 1 N–H and O–H groups in total. The Morgan fingerprint density at radius 1 is 1.02 bits per heavy atom. The smallest absolute Gasteiger partial charge is 0.262 e. The van der Waals surface area contributed by atoms with Gasteiger partial charge in [0.25, 0.3) is 5.56 Å². The fraction of sp³-hybridized carbons (Fsp3) is 0.424. The minimum absolute atomic E-state index is 0.0110. The lowest BCUT2D eigenvalue weighted by Crippen LogP contribution is -2.37. The molecule has 0 unspecified atom stereocenters. The van der Waals surface area contributed by atoms with Crippen LogP contribution in [0.25, 0.3) is 22.0 Å². The largest absolute Gasteiger partial charge is 0.493 e. The van der Waals surface area contributed by atoms with Crippen LogP contribution in [0.2, 0.25) is 0 Å². The molecule has 3 heterocycles. The maximum Gasteiger partial charge on any atom is 0.262 e. The third-order valence-corrected chi connectivity index (χ3v) is 7.38. The van der Waals surface area contributed by atoms with E-state index in [9.17, 15) is 4.79 Å². The third-order valence-electron chi connectivity index (χ3n) is 7.38. The summed E-state index contributed by atoms with van der Waals surface area (Å²) in [5, 5.41) is 3.84. The van der Waals surface area contributed by atoms with Gasteiger partial charge in [0.2, 0.25) is 5.95 Å². The zero-order valence-electron chi connectivity index (χ0n) is 26.0. The first-order valence-electron chi connectivity index (χ1n) is 14.8. The Labute approximate surface area is 256 Å². The molecule has 0 amide bonds. The number of methoxy groups -OCH3 is 1. The topological polar surface area (TPSA) is 100.0 Å². The zero-order valence-corrected chi connectivity index (χ0v) is 26.0. The van der Waals surface area contributed by atoms with E-state index in [1.54, 1.807) is 44.6 Å². The average molecular weight is 606 g/mol. The Kier molecular flexibility index (Phi) is 9.65. The first-order valence-corrected chi connectivity index (χ1v) is 14.8. The van der Waals surface area contributed by atoms with E-state index in [1.807, 2.05) is 0 Å². The van der Waals surface area contributed by atoms with Crippen molar-refractivity contribution >= 4 is 16.9 Å². The minimum atomic E-state index is -0.614. The molecular weight excluding hydrogens is 565 g/mol. The first kappa shape index (κ1) is 31.2. The second-order valence-corrected chi connectivity index (χ2v) is 12.0. The lowest BCUT2D eigenvalue weighted by Gasteiger charge is -2.26. The fourth-order valence-corrected chi connectivity index (χ4v) is 4.91. The monoisotopic (exact) mass is 605 g/mol. The molecule has 0 spiro atoms. The summed E-state index contributed by atoms with van der Waals surface area (Å²) in [5.74, 6) is 1.37. The van der Waals surface area contributed by atoms with E-state index in [0.29, 0.717) is 52.8 Å². The Morgan fingerprint density at radius 2 is 1.82 bits per heavy atom. The van der Waals surface area contributed by atoms with Crippen molar-refractivity contribution in [3.05, 3.63) is 65.0 Å². The number of fused-ring (bicyclic) bond motifs is 1. The van der Waals surface area contributed by atoms with Crippen molar-refractivity contribution in [2.24, 2.45) is 12.5 Å². The molecule has 0 bridgehead atoms. The van der Waals surface area contributed by atoms with Gasteiger partial charge in [-0.05, 0) is 41.7 Å². The summed E-state index contributed by atoms with van der Waals surface area (Å²) in [5.41, 5.74) is 1.05. The lowest BCUT2D eigenvalue weighted by atomic mass is 9.97. The molecule has 0 radical (unpaired) electrons. The highest BCUT2D eigenvalue weighted by atomic mass is 19.1. The SMILES string of the molecule is COc1cc2c(Oc3ccc(-c4cnc(NCC(C)(C)C)n(C)c4=O)cc3F)ccnc2cc1OCCCN1CCOCC1. The van der Waals surface area contributed by atoms with E-state index in [2.05, 4.69) is 41.0 Å². The molecule has 1 fully saturated rings. The van der Waals surface area contributed by atoms with Gasteiger partial charge in [-0.1, -0.05) is 26.8 Å². The van der Waals surface area contributed by atoms with Crippen LogP contribution in [0, 0.1) is 11.2 Å². The number of pyridine rings is 1. The van der Waals surface area contributed by atoms with Crippen LogP contribution < -0.4 is 25.1 Å². The zero-order chi connectivity index (χ0) is 31.3. The Hall–Kier alpha value is -4.22. The predicted octanol–water partition coefficient (Wildman–Crippen LogP) is 5.49. The molecule has 0 saturated carbocycles. The average Bonchev–Trinajstić information content (AvgIpc) is 3.01. The van der Waals surface area contributed by atoms with Gasteiger partial charge in [0, 0.05) is 57.1 Å². The van der Waals surface area contributed by atoms with E-state index in [4.69, 9.17) is 18.9 Å². The van der Waals surface area contributed by atoms with Crippen molar-refractivity contribution in [1.29, 1.82) is 0 Å². The number of hydrogen-bond acceptors (Lipinski definition) is 9. The van der Waals surface area contributed by atoms with Crippen LogP contribution >= 0.6 is 0 Å². The highest BCUT2D eigenvalue weighted by Crippen LogP contribution is 2.38. The van der Waals surface area contributed by atoms with Gasteiger partial charge in [-0.25, -0.2) is 9.37 Å². The molecule has 1 saturated heterocycles. The van der Waals surface area contributed by atoms with Gasteiger partial charge in [0.1, 0.15) is 5.75 Å². The van der Waals surface area contributed by atoms with E-state index < -0.39 is 5.82 Å². The molecule has 5 rings (SSSR count). The maximum atomic E-state index is 15.4. The highest BCUT2D eigenvalue weighted by Gasteiger charge is 2.17. The van der Waals surface area contributed by atoms with E-state index in [1.165, 1.54) is 22.9 Å². The van der Waals surface area contributed by atoms with Crippen LogP contribution in [0.1, 0.15) is 27.2 Å². The van der Waals surface area contributed by atoms with Gasteiger partial charge in [-0.3, -0.25) is 19.2 Å². The molecular formula is C33H40FN5O5. The quantitative estimate of drug-likeness (QED) is 0.222. The minimum Gasteiger partial charge on any atom is -0.493 e. The number of aromatic nitrogens is 3. The number of nitrogens with one attached hydrogen (secondary N) is 1. The summed E-state index contributed by atoms with van der Waals surface area (Å²) < 4.78 is 39.9. The number of ether oxygens (including phenoxy) is 4. The number of benzene rings is 2. The normalized spacial score (nSPS) is 14.0. The number of halogens is 1. The van der Waals surface area contributed by atoms with Gasteiger partial charge in [-0.15, -0.1) is 0 Å². The Balaban J connectivity index is 1.31. The summed E-state index contributed by atoms with van der Waals surface area (Å²) >= 11 is 0. The summed E-state index contributed by atoms with van der Waals surface area (Å²) in [6.07, 6.45) is 3.93. The highest BCUT2D eigenvalue weighted by molar-refractivity contribution is 5.88. The Morgan fingerprint density at radius 3 is 2.55 bits per heavy atom. The molecule has 11 heteroatoms. The van der Waals surface area contributed by atoms with Crippen molar-refractivity contribution in [1.82, 2.24) is 19.4 Å². The fourth-order valence-electron chi connectivity index (χ4n) is 4.91. The molecule has 2 aromatic carbocycles. The molecule has 0 atom stereocenters. The standard InChI is InChI=1S/C33H40FN5O5/c1-33(2,3)21-37-32-36-20-24(31(40)38(32)4)22-7-8-28(25(34)17-22)44-27-9-10-35-26-19-30(29(41-5)18-23(26)27)43-14-6-11-39-12-15-42-16-13-39/h7-10,17-20H,6,11-16,21H2,1-5H3,(H,36,37). The van der Waals surface area contributed by atoms with Crippen molar-refractivity contribution in [3.8, 4) is 34.1 Å². The molecule has 234 valence electrons. The summed E-state index contributed by atoms with van der Waals surface area (Å²) in [6, 6.07) is 9.69. The molecule has 44 heavy (non-hydrogen) atoms.